The van der Waals surface area contributed by atoms with E-state index in [1.807, 2.05) is 0 Å². The highest BCUT2D eigenvalue weighted by Crippen LogP contribution is 2.26. The number of nitrogens with zero attached hydrogens (tertiary/aromatic N) is 1. The monoisotopic (exact) mass is 463 g/mol. The third-order valence-electron chi connectivity index (χ3n) is 5.66. The molecule has 0 aromatic heterocycles. The minimum absolute atomic E-state index is 0.145. The van der Waals surface area contributed by atoms with Gasteiger partial charge in [0, 0.05) is 24.7 Å². The maximum atomic E-state index is 12.5. The molecule has 168 valence electrons. The van der Waals surface area contributed by atoms with Crippen LogP contribution in [0, 0.1) is 0 Å². The standard InChI is InChI=1S/C23H30ClN3O3S/c1-2-19-9-6-7-15-27(19)16-8-14-25-23(28)18-12-13-22(21(24)17-18)26-31(29,30)20-10-4-3-5-11-20/h3-5,10-13,17,19,26H,2,6-9,14-16H2,1H3,(H,25,28). The third kappa shape index (κ3) is 6.45. The van der Waals surface area contributed by atoms with Gasteiger partial charge in [0.25, 0.3) is 15.9 Å². The summed E-state index contributed by atoms with van der Waals surface area (Å²) < 4.78 is 27.4. The molecule has 0 spiro atoms. The summed E-state index contributed by atoms with van der Waals surface area (Å²) in [4.78, 5) is 15.1. The van der Waals surface area contributed by atoms with E-state index >= 15 is 0 Å². The maximum Gasteiger partial charge on any atom is 0.261 e. The average molecular weight is 464 g/mol. The van der Waals surface area contributed by atoms with E-state index in [0.29, 0.717) is 18.2 Å². The normalized spacial score (nSPS) is 17.3. The Morgan fingerprint density at radius 2 is 1.94 bits per heavy atom. The average Bonchev–Trinajstić information content (AvgIpc) is 2.78. The van der Waals surface area contributed by atoms with Crippen LogP contribution in [0.15, 0.2) is 53.4 Å². The molecular formula is C23H30ClN3O3S. The fraction of sp³-hybridized carbons (Fsp3) is 0.435. The van der Waals surface area contributed by atoms with Crippen LogP contribution in [0.25, 0.3) is 0 Å². The molecule has 1 saturated heterocycles. The van der Waals surface area contributed by atoms with Gasteiger partial charge in [0.15, 0.2) is 0 Å². The second kappa shape index (κ2) is 11.0. The minimum Gasteiger partial charge on any atom is -0.352 e. The third-order valence-corrected chi connectivity index (χ3v) is 7.35. The van der Waals surface area contributed by atoms with Crippen LogP contribution in [-0.4, -0.2) is 44.9 Å². The van der Waals surface area contributed by atoms with Gasteiger partial charge in [0.2, 0.25) is 0 Å². The number of amides is 1. The van der Waals surface area contributed by atoms with E-state index in [1.165, 1.54) is 49.9 Å². The van der Waals surface area contributed by atoms with Gasteiger partial charge >= 0.3 is 0 Å². The SMILES string of the molecule is CCC1CCCCN1CCCNC(=O)c1ccc(NS(=O)(=O)c2ccccc2)c(Cl)c1. The van der Waals surface area contributed by atoms with Crippen molar-refractivity contribution in [2.75, 3.05) is 24.4 Å². The smallest absolute Gasteiger partial charge is 0.261 e. The molecule has 1 heterocycles. The van der Waals surface area contributed by atoms with E-state index in [4.69, 9.17) is 11.6 Å². The molecule has 31 heavy (non-hydrogen) atoms. The highest BCUT2D eigenvalue weighted by Gasteiger charge is 2.20. The van der Waals surface area contributed by atoms with Crippen LogP contribution >= 0.6 is 11.6 Å². The second-order valence-electron chi connectivity index (χ2n) is 7.82. The minimum atomic E-state index is -3.74. The van der Waals surface area contributed by atoms with Gasteiger partial charge in [0.1, 0.15) is 0 Å². The van der Waals surface area contributed by atoms with Crippen molar-refractivity contribution in [2.24, 2.45) is 0 Å². The summed E-state index contributed by atoms with van der Waals surface area (Å²) in [6.45, 7) is 4.95. The lowest BCUT2D eigenvalue weighted by Crippen LogP contribution is -2.40. The Bertz CT molecular complexity index is 983. The number of hydrogen-bond donors (Lipinski definition) is 2. The fourth-order valence-electron chi connectivity index (χ4n) is 3.95. The van der Waals surface area contributed by atoms with E-state index in [2.05, 4.69) is 21.9 Å². The summed E-state index contributed by atoms with van der Waals surface area (Å²) in [7, 11) is -3.74. The summed E-state index contributed by atoms with van der Waals surface area (Å²) >= 11 is 6.25. The molecule has 8 heteroatoms. The lowest BCUT2D eigenvalue weighted by atomic mass is 10.00. The van der Waals surface area contributed by atoms with Crippen molar-refractivity contribution < 1.29 is 13.2 Å². The molecule has 3 rings (SSSR count). The van der Waals surface area contributed by atoms with Gasteiger partial charge in [-0.2, -0.15) is 0 Å². The van der Waals surface area contributed by atoms with Crippen molar-refractivity contribution in [3.05, 3.63) is 59.1 Å². The zero-order valence-corrected chi connectivity index (χ0v) is 19.4. The number of hydrogen-bond acceptors (Lipinski definition) is 4. The molecule has 0 saturated carbocycles. The summed E-state index contributed by atoms with van der Waals surface area (Å²) in [6, 6.07) is 13.3. The van der Waals surface area contributed by atoms with Gasteiger partial charge in [-0.1, -0.05) is 43.1 Å². The number of sulfonamides is 1. The number of piperidine rings is 1. The van der Waals surface area contributed by atoms with E-state index < -0.39 is 10.0 Å². The van der Waals surface area contributed by atoms with Crippen molar-refractivity contribution in [2.45, 2.75) is 50.0 Å². The van der Waals surface area contributed by atoms with Gasteiger partial charge in [-0.15, -0.1) is 0 Å². The van der Waals surface area contributed by atoms with E-state index in [1.54, 1.807) is 24.3 Å². The first-order chi connectivity index (χ1) is 14.9. The van der Waals surface area contributed by atoms with Gasteiger partial charge in [-0.05, 0) is 62.6 Å². The van der Waals surface area contributed by atoms with Crippen molar-refractivity contribution in [1.29, 1.82) is 0 Å². The quantitative estimate of drug-likeness (QED) is 0.535. The molecule has 1 amide bonds. The van der Waals surface area contributed by atoms with Gasteiger partial charge in [0.05, 0.1) is 15.6 Å². The number of anilines is 1. The molecule has 0 aliphatic carbocycles. The number of benzene rings is 2. The van der Waals surface area contributed by atoms with Crippen LogP contribution < -0.4 is 10.0 Å². The summed E-state index contributed by atoms with van der Waals surface area (Å²) in [5, 5.41) is 3.10. The first-order valence-corrected chi connectivity index (χ1v) is 12.7. The highest BCUT2D eigenvalue weighted by molar-refractivity contribution is 7.92. The van der Waals surface area contributed by atoms with Gasteiger partial charge in [-0.25, -0.2) is 8.42 Å². The van der Waals surface area contributed by atoms with E-state index in [-0.39, 0.29) is 21.5 Å². The van der Waals surface area contributed by atoms with Gasteiger partial charge < -0.3 is 10.2 Å². The Morgan fingerprint density at radius 1 is 1.16 bits per heavy atom. The predicted octanol–water partition coefficient (Wildman–Crippen LogP) is 4.53. The molecule has 2 aromatic carbocycles. The number of halogens is 1. The Balaban J connectivity index is 1.52. The first-order valence-electron chi connectivity index (χ1n) is 10.8. The Labute approximate surface area is 190 Å². The van der Waals surface area contributed by atoms with Crippen LogP contribution in [0.5, 0.6) is 0 Å². The molecule has 1 unspecified atom stereocenters. The Morgan fingerprint density at radius 3 is 2.65 bits per heavy atom. The van der Waals surface area contributed by atoms with Crippen LogP contribution in [-0.2, 0) is 10.0 Å². The molecular weight excluding hydrogens is 434 g/mol. The van der Waals surface area contributed by atoms with Crippen LogP contribution in [0.3, 0.4) is 0 Å². The fourth-order valence-corrected chi connectivity index (χ4v) is 5.33. The van der Waals surface area contributed by atoms with Crippen LogP contribution in [0.1, 0.15) is 49.4 Å². The van der Waals surface area contributed by atoms with Crippen LogP contribution in [0.4, 0.5) is 5.69 Å². The molecule has 1 aliphatic rings. The summed E-state index contributed by atoms with van der Waals surface area (Å²) in [5.41, 5.74) is 0.634. The summed E-state index contributed by atoms with van der Waals surface area (Å²) in [5.74, 6) is -0.218. The molecule has 6 nitrogen and oxygen atoms in total. The molecule has 1 aliphatic heterocycles. The lowest BCUT2D eigenvalue weighted by Gasteiger charge is -2.35. The van der Waals surface area contributed by atoms with E-state index in [9.17, 15) is 13.2 Å². The van der Waals surface area contributed by atoms with E-state index in [0.717, 1.165) is 19.5 Å². The van der Waals surface area contributed by atoms with Crippen molar-refractivity contribution >= 4 is 33.2 Å². The van der Waals surface area contributed by atoms with Crippen molar-refractivity contribution in [3.63, 3.8) is 0 Å². The lowest BCUT2D eigenvalue weighted by molar-refractivity contribution is 0.0947. The molecule has 2 aromatic rings. The zero-order valence-electron chi connectivity index (χ0n) is 17.8. The number of likely N-dealkylation sites (tertiary alicyclic amines) is 1. The molecule has 1 fully saturated rings. The predicted molar refractivity (Wildman–Crippen MR) is 125 cm³/mol. The van der Waals surface area contributed by atoms with Gasteiger partial charge in [-0.3, -0.25) is 9.52 Å². The summed E-state index contributed by atoms with van der Waals surface area (Å²) in [6.07, 6.45) is 5.89. The zero-order chi connectivity index (χ0) is 22.3. The Kier molecular flexibility index (Phi) is 8.35. The van der Waals surface area contributed by atoms with Crippen molar-refractivity contribution in [3.8, 4) is 0 Å². The topological polar surface area (TPSA) is 78.5 Å². The number of carbonyl (C=O) groups is 1. The molecule has 0 bridgehead atoms. The Hall–Kier alpha value is -2.09. The molecule has 1 atom stereocenters. The highest BCUT2D eigenvalue weighted by atomic mass is 35.5. The number of carbonyl (C=O) groups excluding carboxylic acids is 1. The molecule has 0 radical (unpaired) electrons. The van der Waals surface area contributed by atoms with Crippen molar-refractivity contribution in [1.82, 2.24) is 10.2 Å². The maximum absolute atomic E-state index is 12.5. The second-order valence-corrected chi connectivity index (χ2v) is 9.91. The number of rotatable bonds is 9. The largest absolute Gasteiger partial charge is 0.352 e. The first kappa shape index (κ1) is 23.6. The van der Waals surface area contributed by atoms with Crippen LogP contribution in [0.2, 0.25) is 5.02 Å². The molecule has 2 N–H and O–H groups in total. The number of nitrogens with one attached hydrogen (secondary N) is 2.